The van der Waals surface area contributed by atoms with E-state index in [0.29, 0.717) is 15.4 Å². The molecular weight excluding hydrogens is 275 g/mol. The van der Waals surface area contributed by atoms with Crippen molar-refractivity contribution in [2.45, 2.75) is 44.8 Å². The van der Waals surface area contributed by atoms with Crippen molar-refractivity contribution in [2.75, 3.05) is 6.54 Å². The van der Waals surface area contributed by atoms with Gasteiger partial charge in [0.2, 0.25) is 0 Å². The quantitative estimate of drug-likeness (QED) is 0.919. The minimum Gasteiger partial charge on any atom is -0.327 e. The first-order chi connectivity index (χ1) is 8.09. The van der Waals surface area contributed by atoms with Crippen molar-refractivity contribution in [1.82, 2.24) is 4.90 Å². The molecule has 0 radical (unpaired) electrons. The summed E-state index contributed by atoms with van der Waals surface area (Å²) < 4.78 is 0.691. The summed E-state index contributed by atoms with van der Waals surface area (Å²) in [6.45, 7) is 4.06. The first kappa shape index (κ1) is 13.6. The molecule has 0 spiro atoms. The molecule has 17 heavy (non-hydrogen) atoms. The van der Waals surface area contributed by atoms with E-state index in [-0.39, 0.29) is 6.04 Å². The van der Waals surface area contributed by atoms with Crippen LogP contribution >= 0.6 is 34.5 Å². The van der Waals surface area contributed by atoms with Crippen molar-refractivity contribution in [2.24, 2.45) is 5.73 Å². The predicted octanol–water partition coefficient (Wildman–Crippen LogP) is 3.76. The molecule has 2 heterocycles. The van der Waals surface area contributed by atoms with E-state index in [2.05, 4.69) is 17.2 Å². The first-order valence-electron chi connectivity index (χ1n) is 6.00. The summed E-state index contributed by atoms with van der Waals surface area (Å²) in [5.74, 6) is 0. The van der Waals surface area contributed by atoms with E-state index in [1.165, 1.54) is 30.6 Å². The average molecular weight is 293 g/mol. The molecule has 0 amide bonds. The molecule has 2 N–H and O–H groups in total. The molecule has 1 saturated heterocycles. The highest BCUT2D eigenvalue weighted by atomic mass is 35.5. The Labute approximate surface area is 117 Å². The van der Waals surface area contributed by atoms with Gasteiger partial charge < -0.3 is 5.73 Å². The van der Waals surface area contributed by atoms with E-state index in [1.54, 1.807) is 0 Å². The Morgan fingerprint density at radius 3 is 2.88 bits per heavy atom. The molecule has 1 fully saturated rings. The summed E-state index contributed by atoms with van der Waals surface area (Å²) >= 11 is 13.7. The third-order valence-corrected chi connectivity index (χ3v) is 5.31. The van der Waals surface area contributed by atoms with Crippen LogP contribution in [0.5, 0.6) is 0 Å². The lowest BCUT2D eigenvalue weighted by Crippen LogP contribution is -2.48. The molecule has 0 bridgehead atoms. The summed E-state index contributed by atoms with van der Waals surface area (Å²) in [7, 11) is 0. The van der Waals surface area contributed by atoms with Gasteiger partial charge in [0.15, 0.2) is 0 Å². The van der Waals surface area contributed by atoms with Crippen molar-refractivity contribution in [3.63, 3.8) is 0 Å². The Morgan fingerprint density at radius 1 is 1.53 bits per heavy atom. The van der Waals surface area contributed by atoms with Crippen LogP contribution in [0.3, 0.4) is 0 Å². The van der Waals surface area contributed by atoms with Gasteiger partial charge in [-0.25, -0.2) is 0 Å². The lowest BCUT2D eigenvalue weighted by Gasteiger charge is -2.38. The number of rotatable bonds is 3. The van der Waals surface area contributed by atoms with Crippen LogP contribution in [0.25, 0.3) is 0 Å². The molecule has 0 aliphatic carbocycles. The minimum atomic E-state index is 0.211. The summed E-state index contributed by atoms with van der Waals surface area (Å²) in [5.41, 5.74) is 7.19. The van der Waals surface area contributed by atoms with Gasteiger partial charge in [-0.2, -0.15) is 0 Å². The Kier molecular flexibility index (Phi) is 4.72. The summed E-state index contributed by atoms with van der Waals surface area (Å²) in [4.78, 5) is 2.44. The molecule has 1 aromatic rings. The van der Waals surface area contributed by atoms with Crippen LogP contribution in [0, 0.1) is 0 Å². The number of hydrogen-bond donors (Lipinski definition) is 1. The van der Waals surface area contributed by atoms with Crippen LogP contribution in [0.15, 0.2) is 5.38 Å². The van der Waals surface area contributed by atoms with E-state index < -0.39 is 0 Å². The smallest absolute Gasteiger partial charge is 0.112 e. The fourth-order valence-corrected chi connectivity index (χ4v) is 3.73. The monoisotopic (exact) mass is 292 g/mol. The number of nitrogens with two attached hydrogens (primary N) is 1. The van der Waals surface area contributed by atoms with Crippen molar-refractivity contribution in [1.29, 1.82) is 0 Å². The average Bonchev–Trinajstić information content (AvgIpc) is 2.61. The van der Waals surface area contributed by atoms with Gasteiger partial charge in [0, 0.05) is 18.6 Å². The summed E-state index contributed by atoms with van der Waals surface area (Å²) in [5, 5.41) is 2.77. The molecule has 2 atom stereocenters. The number of nitrogens with zero attached hydrogens (tertiary/aromatic N) is 1. The zero-order chi connectivity index (χ0) is 12.4. The molecular formula is C12H18Cl2N2S. The van der Waals surface area contributed by atoms with Gasteiger partial charge in [-0.15, -0.1) is 11.3 Å². The van der Waals surface area contributed by atoms with Gasteiger partial charge in [0.25, 0.3) is 0 Å². The molecule has 0 aromatic carbocycles. The lowest BCUT2D eigenvalue weighted by atomic mass is 9.96. The Balaban J connectivity index is 2.08. The highest BCUT2D eigenvalue weighted by molar-refractivity contribution is 7.15. The molecule has 2 rings (SSSR count). The van der Waals surface area contributed by atoms with Crippen LogP contribution in [-0.2, 0) is 6.54 Å². The van der Waals surface area contributed by atoms with Crippen molar-refractivity contribution < 1.29 is 0 Å². The van der Waals surface area contributed by atoms with Crippen molar-refractivity contribution in [3.8, 4) is 0 Å². The molecule has 0 saturated carbocycles. The maximum Gasteiger partial charge on any atom is 0.112 e. The Bertz CT molecular complexity index is 379. The number of halogens is 2. The highest BCUT2D eigenvalue weighted by Crippen LogP contribution is 2.34. The number of thiophene rings is 1. The topological polar surface area (TPSA) is 29.3 Å². The van der Waals surface area contributed by atoms with E-state index in [4.69, 9.17) is 28.9 Å². The number of piperidine rings is 1. The standard InChI is InChI=1S/C12H18Cl2N2S/c1-8(15)10-4-2-3-5-16(10)6-9-7-17-12(14)11(9)13/h7-8,10H,2-6,15H2,1H3. The Morgan fingerprint density at radius 2 is 2.29 bits per heavy atom. The second kappa shape index (κ2) is 5.89. The van der Waals surface area contributed by atoms with E-state index in [0.717, 1.165) is 18.7 Å². The van der Waals surface area contributed by atoms with Gasteiger partial charge in [-0.1, -0.05) is 29.6 Å². The third-order valence-electron chi connectivity index (χ3n) is 3.40. The normalized spacial score (nSPS) is 23.9. The van der Waals surface area contributed by atoms with Gasteiger partial charge in [0.1, 0.15) is 4.34 Å². The van der Waals surface area contributed by atoms with Gasteiger partial charge >= 0.3 is 0 Å². The van der Waals surface area contributed by atoms with Crippen molar-refractivity contribution in [3.05, 3.63) is 20.3 Å². The second-order valence-corrected chi connectivity index (χ2v) is 6.60. The van der Waals surface area contributed by atoms with Gasteiger partial charge in [-0.3, -0.25) is 4.90 Å². The van der Waals surface area contributed by atoms with Crippen molar-refractivity contribution >= 4 is 34.5 Å². The molecule has 1 aliphatic rings. The van der Waals surface area contributed by atoms with E-state index in [1.807, 2.05) is 0 Å². The maximum atomic E-state index is 6.18. The van der Waals surface area contributed by atoms with Gasteiger partial charge in [0.05, 0.1) is 5.02 Å². The molecule has 1 aliphatic heterocycles. The third kappa shape index (κ3) is 3.15. The number of hydrogen-bond acceptors (Lipinski definition) is 3. The van der Waals surface area contributed by atoms with E-state index >= 15 is 0 Å². The maximum absolute atomic E-state index is 6.18. The predicted molar refractivity (Wildman–Crippen MR) is 76.0 cm³/mol. The molecule has 2 nitrogen and oxygen atoms in total. The zero-order valence-corrected chi connectivity index (χ0v) is 12.3. The fraction of sp³-hybridized carbons (Fsp3) is 0.667. The number of likely N-dealkylation sites (tertiary alicyclic amines) is 1. The zero-order valence-electron chi connectivity index (χ0n) is 9.96. The minimum absolute atomic E-state index is 0.211. The van der Waals surface area contributed by atoms with Crippen LogP contribution in [0.4, 0.5) is 0 Å². The SMILES string of the molecule is CC(N)C1CCCCN1Cc1csc(Cl)c1Cl. The Hall–Kier alpha value is 0.200. The van der Waals surface area contributed by atoms with Crippen LogP contribution in [0.1, 0.15) is 31.7 Å². The van der Waals surface area contributed by atoms with Crippen LogP contribution in [0.2, 0.25) is 9.36 Å². The molecule has 1 aromatic heterocycles. The fourth-order valence-electron chi connectivity index (χ4n) is 2.49. The van der Waals surface area contributed by atoms with E-state index in [9.17, 15) is 0 Å². The molecule has 5 heteroatoms. The highest BCUT2D eigenvalue weighted by Gasteiger charge is 2.26. The first-order valence-corrected chi connectivity index (χ1v) is 7.64. The summed E-state index contributed by atoms with van der Waals surface area (Å²) in [6.07, 6.45) is 3.71. The lowest BCUT2D eigenvalue weighted by molar-refractivity contribution is 0.123. The van der Waals surface area contributed by atoms with Crippen LogP contribution < -0.4 is 5.73 Å². The van der Waals surface area contributed by atoms with Crippen LogP contribution in [-0.4, -0.2) is 23.5 Å². The molecule has 96 valence electrons. The summed E-state index contributed by atoms with van der Waals surface area (Å²) in [6, 6.07) is 0.682. The second-order valence-electron chi connectivity index (χ2n) is 4.74. The molecule has 2 unspecified atom stereocenters. The largest absolute Gasteiger partial charge is 0.327 e. The van der Waals surface area contributed by atoms with Gasteiger partial charge in [-0.05, 0) is 37.3 Å².